The maximum Gasteiger partial charge on any atom is 0.237 e. The van der Waals surface area contributed by atoms with Crippen molar-refractivity contribution in [3.05, 3.63) is 0 Å². The van der Waals surface area contributed by atoms with Crippen molar-refractivity contribution in [1.29, 1.82) is 0 Å². The van der Waals surface area contributed by atoms with Gasteiger partial charge in [-0.15, -0.1) is 0 Å². The SMILES string of the molecule is CC(NCC(C1CC1)C1CC1)C(=O)NC(C)(C)C. The van der Waals surface area contributed by atoms with E-state index in [1.165, 1.54) is 25.7 Å². The first kappa shape index (κ1) is 13.9. The molecule has 1 amide bonds. The lowest BCUT2D eigenvalue weighted by atomic mass is 9.97. The molecule has 2 rings (SSSR count). The summed E-state index contributed by atoms with van der Waals surface area (Å²) in [5.74, 6) is 2.84. The Hall–Kier alpha value is -0.570. The minimum Gasteiger partial charge on any atom is -0.350 e. The standard InChI is InChI=1S/C15H28N2O/c1-10(14(18)17-15(2,3)4)16-9-13(11-5-6-11)12-7-8-12/h10-13,16H,5-9H2,1-4H3,(H,17,18). The molecule has 3 heteroatoms. The van der Waals surface area contributed by atoms with Gasteiger partial charge in [0.15, 0.2) is 0 Å². The lowest BCUT2D eigenvalue weighted by Gasteiger charge is -2.25. The van der Waals surface area contributed by atoms with E-state index in [0.29, 0.717) is 0 Å². The molecule has 2 N–H and O–H groups in total. The Morgan fingerprint density at radius 2 is 1.67 bits per heavy atom. The molecule has 0 aromatic heterocycles. The van der Waals surface area contributed by atoms with Gasteiger partial charge in [0.25, 0.3) is 0 Å². The number of hydrogen-bond donors (Lipinski definition) is 2. The van der Waals surface area contributed by atoms with Gasteiger partial charge in [-0.05, 0) is 77.7 Å². The predicted molar refractivity (Wildman–Crippen MR) is 74.3 cm³/mol. The van der Waals surface area contributed by atoms with Gasteiger partial charge < -0.3 is 10.6 Å². The zero-order valence-corrected chi connectivity index (χ0v) is 12.3. The third kappa shape index (κ3) is 4.27. The second kappa shape index (κ2) is 5.20. The Morgan fingerprint density at radius 1 is 1.17 bits per heavy atom. The van der Waals surface area contributed by atoms with Gasteiger partial charge in [0.2, 0.25) is 5.91 Å². The van der Waals surface area contributed by atoms with Crippen LogP contribution in [0.1, 0.15) is 53.4 Å². The molecule has 3 nitrogen and oxygen atoms in total. The van der Waals surface area contributed by atoms with Crippen molar-refractivity contribution in [3.63, 3.8) is 0 Å². The molecule has 0 bridgehead atoms. The Kier molecular flexibility index (Phi) is 4.00. The highest BCUT2D eigenvalue weighted by Crippen LogP contribution is 2.48. The van der Waals surface area contributed by atoms with Crippen LogP contribution in [0.15, 0.2) is 0 Å². The Bertz CT molecular complexity index is 288. The van der Waals surface area contributed by atoms with Crippen molar-refractivity contribution < 1.29 is 4.79 Å². The average Bonchev–Trinajstić information content (AvgIpc) is 3.10. The van der Waals surface area contributed by atoms with Gasteiger partial charge >= 0.3 is 0 Å². The largest absolute Gasteiger partial charge is 0.350 e. The third-order valence-corrected chi connectivity index (χ3v) is 4.01. The van der Waals surface area contributed by atoms with E-state index in [1.807, 2.05) is 27.7 Å². The third-order valence-electron chi connectivity index (χ3n) is 4.01. The minimum atomic E-state index is -0.139. The molecule has 2 fully saturated rings. The van der Waals surface area contributed by atoms with Crippen LogP contribution in [0.5, 0.6) is 0 Å². The van der Waals surface area contributed by atoms with Crippen LogP contribution in [0.25, 0.3) is 0 Å². The molecule has 0 spiro atoms. The first-order valence-corrected chi connectivity index (χ1v) is 7.42. The number of carbonyl (C=O) groups is 1. The highest BCUT2D eigenvalue weighted by molar-refractivity contribution is 5.81. The lowest BCUT2D eigenvalue weighted by Crippen LogP contribution is -2.50. The molecule has 2 aliphatic rings. The molecule has 18 heavy (non-hydrogen) atoms. The van der Waals surface area contributed by atoms with E-state index in [1.54, 1.807) is 0 Å². The minimum absolute atomic E-state index is 0.0794. The summed E-state index contributed by atoms with van der Waals surface area (Å²) >= 11 is 0. The first-order chi connectivity index (χ1) is 8.37. The Labute approximate surface area is 111 Å². The number of nitrogens with one attached hydrogen (secondary N) is 2. The van der Waals surface area contributed by atoms with E-state index in [4.69, 9.17) is 0 Å². The van der Waals surface area contributed by atoms with Crippen molar-refractivity contribution in [2.24, 2.45) is 17.8 Å². The number of rotatable bonds is 6. The van der Waals surface area contributed by atoms with Gasteiger partial charge in [0.1, 0.15) is 0 Å². The van der Waals surface area contributed by atoms with Gasteiger partial charge in [-0.2, -0.15) is 0 Å². The highest BCUT2D eigenvalue weighted by atomic mass is 16.2. The molecule has 0 aromatic carbocycles. The molecule has 1 unspecified atom stereocenters. The zero-order chi connectivity index (χ0) is 13.3. The highest BCUT2D eigenvalue weighted by Gasteiger charge is 2.41. The van der Waals surface area contributed by atoms with E-state index in [2.05, 4.69) is 10.6 Å². The molecular formula is C15H28N2O. The number of carbonyl (C=O) groups excluding carboxylic acids is 1. The van der Waals surface area contributed by atoms with Crippen LogP contribution in [0, 0.1) is 17.8 Å². The molecule has 104 valence electrons. The summed E-state index contributed by atoms with van der Waals surface area (Å²) in [6, 6.07) is -0.0794. The fourth-order valence-electron chi connectivity index (χ4n) is 2.65. The number of hydrogen-bond acceptors (Lipinski definition) is 2. The second-order valence-corrected chi connectivity index (χ2v) is 7.21. The van der Waals surface area contributed by atoms with Crippen molar-refractivity contribution in [3.8, 4) is 0 Å². The molecule has 0 aromatic rings. The average molecular weight is 252 g/mol. The van der Waals surface area contributed by atoms with Crippen LogP contribution in [-0.4, -0.2) is 24.0 Å². The van der Waals surface area contributed by atoms with Crippen LogP contribution >= 0.6 is 0 Å². The van der Waals surface area contributed by atoms with Gasteiger partial charge in [-0.1, -0.05) is 0 Å². The Morgan fingerprint density at radius 3 is 2.06 bits per heavy atom. The molecular weight excluding hydrogens is 224 g/mol. The first-order valence-electron chi connectivity index (χ1n) is 7.42. The maximum absolute atomic E-state index is 12.0. The maximum atomic E-state index is 12.0. The fourth-order valence-corrected chi connectivity index (χ4v) is 2.65. The molecule has 0 saturated heterocycles. The van der Waals surface area contributed by atoms with E-state index >= 15 is 0 Å². The smallest absolute Gasteiger partial charge is 0.237 e. The second-order valence-electron chi connectivity index (χ2n) is 7.21. The molecule has 1 atom stereocenters. The lowest BCUT2D eigenvalue weighted by molar-refractivity contribution is -0.124. The van der Waals surface area contributed by atoms with Crippen LogP contribution < -0.4 is 10.6 Å². The number of amides is 1. The van der Waals surface area contributed by atoms with Crippen LogP contribution in [-0.2, 0) is 4.79 Å². The Balaban J connectivity index is 1.72. The topological polar surface area (TPSA) is 41.1 Å². The van der Waals surface area contributed by atoms with Crippen LogP contribution in [0.4, 0.5) is 0 Å². The summed E-state index contributed by atoms with van der Waals surface area (Å²) in [5, 5.41) is 6.47. The normalized spacial score (nSPS) is 22.1. The molecule has 0 aliphatic heterocycles. The molecule has 2 aliphatic carbocycles. The summed E-state index contributed by atoms with van der Waals surface area (Å²) in [6.45, 7) is 9.06. The van der Waals surface area contributed by atoms with Crippen molar-refractivity contribution >= 4 is 5.91 Å². The van der Waals surface area contributed by atoms with E-state index in [0.717, 1.165) is 24.3 Å². The van der Waals surface area contributed by atoms with E-state index in [-0.39, 0.29) is 17.5 Å². The van der Waals surface area contributed by atoms with Gasteiger partial charge in [0.05, 0.1) is 6.04 Å². The van der Waals surface area contributed by atoms with Crippen LogP contribution in [0.2, 0.25) is 0 Å². The molecule has 0 heterocycles. The van der Waals surface area contributed by atoms with Crippen molar-refractivity contribution in [2.45, 2.75) is 65.0 Å². The van der Waals surface area contributed by atoms with Crippen molar-refractivity contribution in [1.82, 2.24) is 10.6 Å². The summed E-state index contributed by atoms with van der Waals surface area (Å²) < 4.78 is 0. The predicted octanol–water partition coefficient (Wildman–Crippen LogP) is 2.32. The summed E-state index contributed by atoms with van der Waals surface area (Å²) in [4.78, 5) is 12.0. The molecule has 0 radical (unpaired) electrons. The van der Waals surface area contributed by atoms with Gasteiger partial charge in [0, 0.05) is 5.54 Å². The van der Waals surface area contributed by atoms with E-state index < -0.39 is 0 Å². The summed E-state index contributed by atoms with van der Waals surface area (Å²) in [6.07, 6.45) is 5.63. The quantitative estimate of drug-likeness (QED) is 0.761. The van der Waals surface area contributed by atoms with Crippen LogP contribution in [0.3, 0.4) is 0 Å². The monoisotopic (exact) mass is 252 g/mol. The van der Waals surface area contributed by atoms with Crippen molar-refractivity contribution in [2.75, 3.05) is 6.54 Å². The fraction of sp³-hybridized carbons (Fsp3) is 0.933. The molecule has 2 saturated carbocycles. The zero-order valence-electron chi connectivity index (χ0n) is 12.3. The van der Waals surface area contributed by atoms with Gasteiger partial charge in [-0.3, -0.25) is 4.79 Å². The summed E-state index contributed by atoms with van der Waals surface area (Å²) in [5.41, 5.74) is -0.139. The van der Waals surface area contributed by atoms with E-state index in [9.17, 15) is 4.79 Å². The van der Waals surface area contributed by atoms with Gasteiger partial charge in [-0.25, -0.2) is 0 Å². The summed E-state index contributed by atoms with van der Waals surface area (Å²) in [7, 11) is 0.